The number of sulfonamides is 1. The second-order valence-corrected chi connectivity index (χ2v) is 10.8. The van der Waals surface area contributed by atoms with E-state index in [4.69, 9.17) is 23.2 Å². The van der Waals surface area contributed by atoms with Gasteiger partial charge in [-0.3, -0.25) is 0 Å². The third kappa shape index (κ3) is 3.79. The topological polar surface area (TPSA) is 59.4 Å². The van der Waals surface area contributed by atoms with E-state index in [-0.39, 0.29) is 4.90 Å². The van der Waals surface area contributed by atoms with Gasteiger partial charge in [-0.1, -0.05) is 47.1 Å². The zero-order valence-corrected chi connectivity index (χ0v) is 18.4. The van der Waals surface area contributed by atoms with E-state index in [0.717, 1.165) is 11.3 Å². The van der Waals surface area contributed by atoms with E-state index in [1.54, 1.807) is 30.5 Å². The molecule has 0 radical (unpaired) electrons. The highest BCUT2D eigenvalue weighted by atomic mass is 35.5. The van der Waals surface area contributed by atoms with Crippen molar-refractivity contribution in [2.24, 2.45) is 4.40 Å². The van der Waals surface area contributed by atoms with E-state index in [0.29, 0.717) is 29.9 Å². The van der Waals surface area contributed by atoms with Crippen LogP contribution in [0.25, 0.3) is 21.8 Å². The summed E-state index contributed by atoms with van der Waals surface area (Å²) < 4.78 is 29.3. The number of benzene rings is 2. The molecule has 4 rings (SSSR count). The highest BCUT2D eigenvalue weighted by Gasteiger charge is 2.28. The summed E-state index contributed by atoms with van der Waals surface area (Å²) in [5, 5.41) is 3.66. The number of thioether (sulfide) groups is 2. The zero-order chi connectivity index (χ0) is 19.2. The van der Waals surface area contributed by atoms with Crippen LogP contribution in [0.2, 0.25) is 10.0 Å². The van der Waals surface area contributed by atoms with Crippen LogP contribution in [0.15, 0.2) is 56.0 Å². The Bertz CT molecular complexity index is 1170. The molecule has 0 fully saturated rings. The minimum Gasteiger partial charge on any atom is -0.236 e. The SMILES string of the molecule is CSC1=NS(=O)(=O)c2cc(-c3nc(-c4ccc(Cl)cc4)cs3)c(Cl)cc2S1. The molecule has 1 aromatic heterocycles. The van der Waals surface area contributed by atoms with Crippen LogP contribution in [0.1, 0.15) is 0 Å². The molecule has 0 N–H and O–H groups in total. The van der Waals surface area contributed by atoms with Crippen molar-refractivity contribution < 1.29 is 8.42 Å². The van der Waals surface area contributed by atoms with E-state index < -0.39 is 10.0 Å². The van der Waals surface area contributed by atoms with Crippen LogP contribution < -0.4 is 0 Å². The molecule has 138 valence electrons. The molecule has 0 saturated carbocycles. The summed E-state index contributed by atoms with van der Waals surface area (Å²) in [6.07, 6.45) is 1.79. The average molecular weight is 473 g/mol. The molecule has 1 aliphatic rings. The summed E-state index contributed by atoms with van der Waals surface area (Å²) in [6, 6.07) is 10.6. The predicted octanol–water partition coefficient (Wildman–Crippen LogP) is 6.30. The van der Waals surface area contributed by atoms with Crippen LogP contribution in [0.3, 0.4) is 0 Å². The van der Waals surface area contributed by atoms with Gasteiger partial charge in [-0.2, -0.15) is 8.42 Å². The van der Waals surface area contributed by atoms with Gasteiger partial charge < -0.3 is 0 Å². The van der Waals surface area contributed by atoms with Crippen LogP contribution in [0, 0.1) is 0 Å². The highest BCUT2D eigenvalue weighted by Crippen LogP contribution is 2.43. The Morgan fingerprint density at radius 1 is 1.11 bits per heavy atom. The Morgan fingerprint density at radius 2 is 1.85 bits per heavy atom. The molecule has 2 heterocycles. The number of aromatic nitrogens is 1. The maximum atomic E-state index is 12.5. The standard InChI is InChI=1S/C17H10Cl2N2O2S4/c1-24-17-21-27(22,23)15-6-11(12(19)7-14(15)26-17)16-20-13(8-25-16)9-2-4-10(18)5-3-9/h2-8H,1H3. The van der Waals surface area contributed by atoms with Gasteiger partial charge in [-0.15, -0.1) is 27.5 Å². The molecular formula is C17H10Cl2N2O2S4. The fourth-order valence-electron chi connectivity index (χ4n) is 2.47. The number of thiazole rings is 1. The minimum absolute atomic E-state index is 0.160. The van der Waals surface area contributed by atoms with Gasteiger partial charge in [0.1, 0.15) is 14.3 Å². The lowest BCUT2D eigenvalue weighted by Crippen LogP contribution is -2.07. The van der Waals surface area contributed by atoms with Crippen LogP contribution >= 0.6 is 58.1 Å². The van der Waals surface area contributed by atoms with Gasteiger partial charge in [0.15, 0.2) is 0 Å². The third-order valence-corrected chi connectivity index (χ3v) is 8.88. The first kappa shape index (κ1) is 19.3. The number of hydrogen-bond donors (Lipinski definition) is 0. The molecule has 10 heteroatoms. The second kappa shape index (κ2) is 7.42. The van der Waals surface area contributed by atoms with E-state index in [1.165, 1.54) is 34.9 Å². The predicted molar refractivity (Wildman–Crippen MR) is 117 cm³/mol. The largest absolute Gasteiger partial charge is 0.285 e. The Kier molecular flexibility index (Phi) is 5.30. The Labute approximate surface area is 179 Å². The van der Waals surface area contributed by atoms with Gasteiger partial charge in [0, 0.05) is 26.4 Å². The lowest BCUT2D eigenvalue weighted by atomic mass is 10.2. The van der Waals surface area contributed by atoms with Crippen molar-refractivity contribution in [3.05, 3.63) is 51.8 Å². The molecule has 0 amide bonds. The zero-order valence-electron chi connectivity index (χ0n) is 13.6. The molecule has 0 aliphatic carbocycles. The Hall–Kier alpha value is -1.03. The molecule has 0 spiro atoms. The Morgan fingerprint density at radius 3 is 2.56 bits per heavy atom. The summed E-state index contributed by atoms with van der Waals surface area (Å²) >= 11 is 16.4. The highest BCUT2D eigenvalue weighted by molar-refractivity contribution is 8.39. The van der Waals surface area contributed by atoms with E-state index in [2.05, 4.69) is 9.38 Å². The monoisotopic (exact) mass is 472 g/mol. The molecule has 1 aliphatic heterocycles. The quantitative estimate of drug-likeness (QED) is 0.437. The normalized spacial score (nSPS) is 15.3. The van der Waals surface area contributed by atoms with Crippen molar-refractivity contribution in [3.63, 3.8) is 0 Å². The Balaban J connectivity index is 1.78. The smallest absolute Gasteiger partial charge is 0.236 e. The summed E-state index contributed by atoms with van der Waals surface area (Å²) in [5.41, 5.74) is 2.28. The molecule has 3 aromatic rings. The van der Waals surface area contributed by atoms with E-state index in [1.807, 2.05) is 17.5 Å². The van der Waals surface area contributed by atoms with Crippen LogP contribution in [0.5, 0.6) is 0 Å². The van der Waals surface area contributed by atoms with Crippen LogP contribution in [0.4, 0.5) is 0 Å². The van der Waals surface area contributed by atoms with Gasteiger partial charge >= 0.3 is 0 Å². The van der Waals surface area contributed by atoms with Crippen molar-refractivity contribution in [3.8, 4) is 21.8 Å². The van der Waals surface area contributed by atoms with Crippen molar-refractivity contribution >= 4 is 72.5 Å². The number of rotatable bonds is 2. The molecule has 0 saturated heterocycles. The average Bonchev–Trinajstić information content (AvgIpc) is 3.10. The van der Waals surface area contributed by atoms with Crippen molar-refractivity contribution in [1.82, 2.24) is 4.98 Å². The summed E-state index contributed by atoms with van der Waals surface area (Å²) in [6.45, 7) is 0. The minimum atomic E-state index is -3.75. The van der Waals surface area contributed by atoms with E-state index >= 15 is 0 Å². The molecular weight excluding hydrogens is 463 g/mol. The van der Waals surface area contributed by atoms with Gasteiger partial charge in [0.05, 0.1) is 10.7 Å². The van der Waals surface area contributed by atoms with Crippen molar-refractivity contribution in [2.75, 3.05) is 6.26 Å². The fraction of sp³-hybridized carbons (Fsp3) is 0.0588. The summed E-state index contributed by atoms with van der Waals surface area (Å²) in [5.74, 6) is 0. The molecule has 4 nitrogen and oxygen atoms in total. The molecule has 2 aromatic carbocycles. The maximum Gasteiger partial charge on any atom is 0.285 e. The lowest BCUT2D eigenvalue weighted by Gasteiger charge is -2.15. The summed E-state index contributed by atoms with van der Waals surface area (Å²) in [7, 11) is -3.75. The van der Waals surface area contributed by atoms with Gasteiger partial charge in [-0.25, -0.2) is 4.98 Å². The first-order valence-electron chi connectivity index (χ1n) is 7.49. The molecule has 0 atom stereocenters. The first-order valence-corrected chi connectivity index (χ1v) is 12.6. The second-order valence-electron chi connectivity index (χ2n) is 5.46. The fourth-order valence-corrected chi connectivity index (χ4v) is 7.31. The summed E-state index contributed by atoms with van der Waals surface area (Å²) in [4.78, 5) is 5.36. The molecule has 0 bridgehead atoms. The van der Waals surface area contributed by atoms with Gasteiger partial charge in [0.2, 0.25) is 0 Å². The molecule has 0 unspecified atom stereocenters. The third-order valence-electron chi connectivity index (χ3n) is 3.75. The van der Waals surface area contributed by atoms with Gasteiger partial charge in [-0.05, 0) is 30.5 Å². The van der Waals surface area contributed by atoms with Gasteiger partial charge in [0.25, 0.3) is 10.0 Å². The first-order chi connectivity index (χ1) is 12.9. The number of fused-ring (bicyclic) bond motifs is 1. The number of nitrogens with zero attached hydrogens (tertiary/aromatic N) is 2. The van der Waals surface area contributed by atoms with Crippen molar-refractivity contribution in [2.45, 2.75) is 9.79 Å². The van der Waals surface area contributed by atoms with E-state index in [9.17, 15) is 8.42 Å². The van der Waals surface area contributed by atoms with Crippen LogP contribution in [-0.4, -0.2) is 24.0 Å². The lowest BCUT2D eigenvalue weighted by molar-refractivity contribution is 0.596. The number of halogens is 2. The maximum absolute atomic E-state index is 12.5. The number of hydrogen-bond acceptors (Lipinski definition) is 6. The molecule has 27 heavy (non-hydrogen) atoms. The van der Waals surface area contributed by atoms with Crippen LogP contribution in [-0.2, 0) is 10.0 Å². The van der Waals surface area contributed by atoms with Crippen molar-refractivity contribution in [1.29, 1.82) is 0 Å².